The fourth-order valence-corrected chi connectivity index (χ4v) is 3.21. The summed E-state index contributed by atoms with van der Waals surface area (Å²) in [5, 5.41) is 5.47. The van der Waals surface area contributed by atoms with Crippen molar-refractivity contribution >= 4 is 11.8 Å². The maximum atomic E-state index is 13.0. The Morgan fingerprint density at radius 3 is 2.56 bits per heavy atom. The Labute approximate surface area is 159 Å². The van der Waals surface area contributed by atoms with Gasteiger partial charge in [0.05, 0.1) is 18.9 Å². The van der Waals surface area contributed by atoms with E-state index in [1.807, 2.05) is 55.7 Å². The predicted molar refractivity (Wildman–Crippen MR) is 102 cm³/mol. The Morgan fingerprint density at radius 2 is 1.93 bits per heavy atom. The number of ether oxygens (including phenoxy) is 1. The first kappa shape index (κ1) is 19.1. The summed E-state index contributed by atoms with van der Waals surface area (Å²) in [6.45, 7) is 7.27. The van der Waals surface area contributed by atoms with Crippen LogP contribution in [0.25, 0.3) is 11.4 Å². The number of benzene rings is 1. The summed E-state index contributed by atoms with van der Waals surface area (Å²) < 4.78 is 7.58. The van der Waals surface area contributed by atoms with Gasteiger partial charge in [0, 0.05) is 19.2 Å². The first-order valence-electron chi connectivity index (χ1n) is 9.08. The number of amides is 2. The summed E-state index contributed by atoms with van der Waals surface area (Å²) in [4.78, 5) is 29.9. The molecular weight excluding hydrogens is 344 g/mol. The molecule has 0 spiro atoms. The minimum atomic E-state index is -0.669. The Hall–Kier alpha value is -2.67. The van der Waals surface area contributed by atoms with Gasteiger partial charge in [-0.25, -0.2) is 4.98 Å². The second kappa shape index (κ2) is 7.52. The second-order valence-electron chi connectivity index (χ2n) is 7.69. The zero-order chi connectivity index (χ0) is 19.6. The highest BCUT2D eigenvalue weighted by Gasteiger charge is 2.34. The third-order valence-electron chi connectivity index (χ3n) is 4.67. The van der Waals surface area contributed by atoms with Crippen LogP contribution in [0.15, 0.2) is 30.3 Å². The summed E-state index contributed by atoms with van der Waals surface area (Å²) in [6.07, 6.45) is 0. The van der Waals surface area contributed by atoms with E-state index in [0.717, 1.165) is 17.1 Å². The SMILES string of the molecule is CNC(=O)[C@@H](NC(=O)c1nc(-c2ccccc2)n2c1COCC2)C(C)(C)C. The molecule has 2 N–H and O–H groups in total. The van der Waals surface area contributed by atoms with Crippen LogP contribution in [-0.2, 0) is 22.7 Å². The van der Waals surface area contributed by atoms with Crippen molar-refractivity contribution in [3.8, 4) is 11.4 Å². The van der Waals surface area contributed by atoms with Crippen LogP contribution in [-0.4, -0.2) is 41.1 Å². The van der Waals surface area contributed by atoms with Crippen molar-refractivity contribution in [1.29, 1.82) is 0 Å². The van der Waals surface area contributed by atoms with E-state index in [2.05, 4.69) is 15.6 Å². The molecule has 2 aromatic rings. The van der Waals surface area contributed by atoms with E-state index in [1.165, 1.54) is 0 Å². The number of fused-ring (bicyclic) bond motifs is 1. The van der Waals surface area contributed by atoms with Crippen molar-refractivity contribution in [3.63, 3.8) is 0 Å². The summed E-state index contributed by atoms with van der Waals surface area (Å²) in [7, 11) is 1.56. The summed E-state index contributed by atoms with van der Waals surface area (Å²) >= 11 is 0. The molecule has 0 fully saturated rings. The summed E-state index contributed by atoms with van der Waals surface area (Å²) in [6, 6.07) is 9.09. The second-order valence-corrected chi connectivity index (χ2v) is 7.69. The van der Waals surface area contributed by atoms with Gasteiger partial charge in [-0.2, -0.15) is 0 Å². The number of carbonyl (C=O) groups excluding carboxylic acids is 2. The van der Waals surface area contributed by atoms with Crippen molar-refractivity contribution in [1.82, 2.24) is 20.2 Å². The molecule has 0 bridgehead atoms. The van der Waals surface area contributed by atoms with Gasteiger partial charge in [-0.05, 0) is 5.41 Å². The first-order chi connectivity index (χ1) is 12.8. The van der Waals surface area contributed by atoms with Gasteiger partial charge in [0.25, 0.3) is 5.91 Å². The van der Waals surface area contributed by atoms with Crippen molar-refractivity contribution in [2.45, 2.75) is 40.0 Å². The molecule has 1 aliphatic rings. The van der Waals surface area contributed by atoms with Gasteiger partial charge in [0.15, 0.2) is 5.69 Å². The maximum absolute atomic E-state index is 13.0. The van der Waals surface area contributed by atoms with Crippen LogP contribution in [0.5, 0.6) is 0 Å². The lowest BCUT2D eigenvalue weighted by atomic mass is 9.86. The van der Waals surface area contributed by atoms with Crippen LogP contribution < -0.4 is 10.6 Å². The van der Waals surface area contributed by atoms with E-state index in [1.54, 1.807) is 7.05 Å². The van der Waals surface area contributed by atoms with Gasteiger partial charge in [0.1, 0.15) is 11.9 Å². The topological polar surface area (TPSA) is 85.3 Å². The largest absolute Gasteiger partial charge is 0.373 e. The number of likely N-dealkylation sites (N-methyl/N-ethyl adjacent to an activating group) is 1. The molecule has 2 amide bonds. The normalized spacial score (nSPS) is 15.0. The van der Waals surface area contributed by atoms with E-state index in [4.69, 9.17) is 4.74 Å². The number of aromatic nitrogens is 2. The highest BCUT2D eigenvalue weighted by Crippen LogP contribution is 2.26. The average molecular weight is 370 g/mol. The van der Waals surface area contributed by atoms with E-state index in [-0.39, 0.29) is 11.8 Å². The molecular formula is C20H26N4O3. The quantitative estimate of drug-likeness (QED) is 0.862. The van der Waals surface area contributed by atoms with E-state index < -0.39 is 11.5 Å². The van der Waals surface area contributed by atoms with Crippen LogP contribution in [0.2, 0.25) is 0 Å². The Balaban J connectivity index is 1.98. The first-order valence-corrected chi connectivity index (χ1v) is 9.08. The highest BCUT2D eigenvalue weighted by atomic mass is 16.5. The van der Waals surface area contributed by atoms with Gasteiger partial charge in [-0.15, -0.1) is 0 Å². The maximum Gasteiger partial charge on any atom is 0.272 e. The van der Waals surface area contributed by atoms with Gasteiger partial charge in [-0.3, -0.25) is 9.59 Å². The molecule has 0 aliphatic carbocycles. The fourth-order valence-electron chi connectivity index (χ4n) is 3.21. The number of hydrogen-bond acceptors (Lipinski definition) is 4. The number of rotatable bonds is 4. The molecule has 7 nitrogen and oxygen atoms in total. The zero-order valence-corrected chi connectivity index (χ0v) is 16.2. The monoisotopic (exact) mass is 370 g/mol. The number of carbonyl (C=O) groups is 2. The number of nitrogens with zero attached hydrogens (tertiary/aromatic N) is 2. The smallest absolute Gasteiger partial charge is 0.272 e. The fraction of sp³-hybridized carbons (Fsp3) is 0.450. The van der Waals surface area contributed by atoms with Crippen LogP contribution in [0.3, 0.4) is 0 Å². The molecule has 3 rings (SSSR count). The van der Waals surface area contributed by atoms with E-state index in [9.17, 15) is 9.59 Å². The zero-order valence-electron chi connectivity index (χ0n) is 16.2. The Bertz CT molecular complexity index is 837. The lowest BCUT2D eigenvalue weighted by Crippen LogP contribution is -2.53. The van der Waals surface area contributed by atoms with Gasteiger partial charge >= 0.3 is 0 Å². The van der Waals surface area contributed by atoms with Crippen molar-refractivity contribution in [2.75, 3.05) is 13.7 Å². The third-order valence-corrected chi connectivity index (χ3v) is 4.67. The molecule has 7 heteroatoms. The van der Waals surface area contributed by atoms with Gasteiger partial charge < -0.3 is 19.9 Å². The van der Waals surface area contributed by atoms with Crippen molar-refractivity contribution in [2.24, 2.45) is 5.41 Å². The Kier molecular flexibility index (Phi) is 5.32. The van der Waals surface area contributed by atoms with Crippen molar-refractivity contribution in [3.05, 3.63) is 41.7 Å². The number of nitrogens with one attached hydrogen (secondary N) is 2. The van der Waals surface area contributed by atoms with E-state index in [0.29, 0.717) is 25.5 Å². The molecule has 1 aromatic heterocycles. The molecule has 0 radical (unpaired) electrons. The minimum absolute atomic E-state index is 0.233. The number of hydrogen-bond donors (Lipinski definition) is 2. The molecule has 0 saturated heterocycles. The third kappa shape index (κ3) is 3.88. The lowest BCUT2D eigenvalue weighted by Gasteiger charge is -2.29. The number of imidazole rings is 1. The molecule has 1 atom stereocenters. The van der Waals surface area contributed by atoms with Gasteiger partial charge in [0.2, 0.25) is 5.91 Å². The van der Waals surface area contributed by atoms with Crippen LogP contribution in [0.4, 0.5) is 0 Å². The lowest BCUT2D eigenvalue weighted by molar-refractivity contribution is -0.124. The van der Waals surface area contributed by atoms with E-state index >= 15 is 0 Å². The molecule has 1 aromatic carbocycles. The van der Waals surface area contributed by atoms with Gasteiger partial charge in [-0.1, -0.05) is 51.1 Å². The molecule has 0 unspecified atom stereocenters. The molecule has 0 saturated carbocycles. The van der Waals surface area contributed by atoms with Crippen LogP contribution in [0, 0.1) is 5.41 Å². The minimum Gasteiger partial charge on any atom is -0.373 e. The predicted octanol–water partition coefficient (Wildman–Crippen LogP) is 1.97. The molecule has 144 valence electrons. The average Bonchev–Trinajstić information content (AvgIpc) is 3.05. The van der Waals surface area contributed by atoms with Crippen molar-refractivity contribution < 1.29 is 14.3 Å². The summed E-state index contributed by atoms with van der Waals surface area (Å²) in [5.41, 5.74) is 1.56. The van der Waals surface area contributed by atoms with Crippen LogP contribution >= 0.6 is 0 Å². The van der Waals surface area contributed by atoms with Crippen LogP contribution in [0.1, 0.15) is 37.0 Å². The molecule has 2 heterocycles. The molecule has 1 aliphatic heterocycles. The Morgan fingerprint density at radius 1 is 1.22 bits per heavy atom. The highest BCUT2D eigenvalue weighted by molar-refractivity contribution is 5.97. The molecule has 27 heavy (non-hydrogen) atoms. The summed E-state index contributed by atoms with van der Waals surface area (Å²) in [5.74, 6) is 0.143. The standard InChI is InChI=1S/C20H26N4O3/c1-20(2,3)16(19(26)21-4)23-18(25)15-14-12-27-11-10-24(14)17(22-15)13-8-6-5-7-9-13/h5-9,16H,10-12H2,1-4H3,(H,21,26)(H,23,25)/t16-/m1/s1.